The summed E-state index contributed by atoms with van der Waals surface area (Å²) in [6.07, 6.45) is -4.38. The third-order valence-electron chi connectivity index (χ3n) is 11.3. The molecule has 1 spiro atoms. The molecule has 4 aromatic carbocycles. The zero-order chi connectivity index (χ0) is 39.4. The normalized spacial score (nSPS) is 16.6. The molecule has 2 aliphatic heterocycles. The summed E-state index contributed by atoms with van der Waals surface area (Å²) in [6, 6.07) is 32.3. The van der Waals surface area contributed by atoms with Crippen LogP contribution < -0.4 is 5.32 Å². The average molecular weight is 794 g/mol. The number of alkyl halides is 3. The van der Waals surface area contributed by atoms with Gasteiger partial charge in [0.2, 0.25) is 17.7 Å². The molecule has 1 saturated heterocycles. The minimum absolute atomic E-state index is 0.0122. The first-order valence-corrected chi connectivity index (χ1v) is 19.2. The van der Waals surface area contributed by atoms with Gasteiger partial charge in [-0.05, 0) is 59.2 Å². The van der Waals surface area contributed by atoms with Gasteiger partial charge in [0.25, 0.3) is 0 Å². The summed E-state index contributed by atoms with van der Waals surface area (Å²) in [5, 5.41) is 3.76. The van der Waals surface area contributed by atoms with Crippen LogP contribution in [0.25, 0.3) is 0 Å². The molecule has 0 aliphatic carbocycles. The Balaban J connectivity index is 1.35. The predicted octanol–water partition coefficient (Wildman–Crippen LogP) is 8.33. The van der Waals surface area contributed by atoms with Crippen LogP contribution in [-0.4, -0.2) is 78.9 Å². The van der Waals surface area contributed by atoms with Crippen LogP contribution in [0.15, 0.2) is 103 Å². The van der Waals surface area contributed by atoms with Crippen molar-refractivity contribution in [2.45, 2.75) is 61.7 Å². The summed E-state index contributed by atoms with van der Waals surface area (Å²) in [5.41, 5.74) is 2.75. The Kier molecular flexibility index (Phi) is 12.3. The molecule has 1 atom stereocenters. The molecule has 1 unspecified atom stereocenters. The number of hydrogen-bond donors (Lipinski definition) is 1. The number of nitrogens with zero attached hydrogens (tertiary/aromatic N) is 3. The molecular formula is C43H45Cl2F3N4O3. The van der Waals surface area contributed by atoms with Crippen LogP contribution in [0.1, 0.15) is 65.8 Å². The van der Waals surface area contributed by atoms with Crippen LogP contribution in [-0.2, 0) is 31.9 Å². The summed E-state index contributed by atoms with van der Waals surface area (Å²) in [4.78, 5) is 45.6. The first kappa shape index (κ1) is 40.3. The lowest BCUT2D eigenvalue weighted by Gasteiger charge is -2.48. The van der Waals surface area contributed by atoms with Gasteiger partial charge in [-0.1, -0.05) is 114 Å². The second kappa shape index (κ2) is 16.8. The van der Waals surface area contributed by atoms with Crippen molar-refractivity contribution in [3.8, 4) is 0 Å². The van der Waals surface area contributed by atoms with Crippen molar-refractivity contribution in [2.24, 2.45) is 0 Å². The van der Waals surface area contributed by atoms with E-state index >= 15 is 0 Å². The molecule has 7 nitrogen and oxygen atoms in total. The summed E-state index contributed by atoms with van der Waals surface area (Å²) >= 11 is 13.0. The quantitative estimate of drug-likeness (QED) is 0.157. The molecular weight excluding hydrogens is 748 g/mol. The van der Waals surface area contributed by atoms with Crippen molar-refractivity contribution in [1.82, 2.24) is 20.0 Å². The molecule has 1 fully saturated rings. The lowest BCUT2D eigenvalue weighted by Crippen LogP contribution is -2.58. The predicted molar refractivity (Wildman–Crippen MR) is 209 cm³/mol. The number of carbonyl (C=O) groups is 3. The molecule has 0 saturated carbocycles. The number of benzene rings is 4. The van der Waals surface area contributed by atoms with Crippen LogP contribution in [0, 0.1) is 0 Å². The lowest BCUT2D eigenvalue weighted by molar-refractivity contribution is -0.163. The molecule has 6 rings (SSSR count). The number of fused-ring (bicyclic) bond motifs is 2. The van der Waals surface area contributed by atoms with Crippen molar-refractivity contribution in [1.29, 1.82) is 0 Å². The summed E-state index contributed by atoms with van der Waals surface area (Å²) in [7, 11) is 2.99. The minimum Gasteiger partial charge on any atom is -0.346 e. The monoisotopic (exact) mass is 792 g/mol. The highest BCUT2D eigenvalue weighted by Gasteiger charge is 2.45. The fraction of sp³-hybridized carbons (Fsp3) is 0.372. The highest BCUT2D eigenvalue weighted by atomic mass is 35.5. The summed E-state index contributed by atoms with van der Waals surface area (Å²) < 4.78 is 40.7. The van der Waals surface area contributed by atoms with Gasteiger partial charge in [0.1, 0.15) is 6.42 Å². The Morgan fingerprint density at radius 3 is 2.04 bits per heavy atom. The highest BCUT2D eigenvalue weighted by molar-refractivity contribution is 6.42. The fourth-order valence-electron chi connectivity index (χ4n) is 8.29. The van der Waals surface area contributed by atoms with Crippen LogP contribution in [0.3, 0.4) is 0 Å². The number of amides is 3. The smallest absolute Gasteiger partial charge is 0.346 e. The van der Waals surface area contributed by atoms with Crippen LogP contribution in [0.4, 0.5) is 13.2 Å². The van der Waals surface area contributed by atoms with E-state index in [-0.39, 0.29) is 47.2 Å². The van der Waals surface area contributed by atoms with Gasteiger partial charge in [0, 0.05) is 52.6 Å². The van der Waals surface area contributed by atoms with Gasteiger partial charge < -0.3 is 20.0 Å². The number of halogens is 5. The zero-order valence-corrected chi connectivity index (χ0v) is 32.4. The maximum Gasteiger partial charge on any atom is 0.397 e. The van der Waals surface area contributed by atoms with Crippen LogP contribution >= 0.6 is 23.2 Å². The van der Waals surface area contributed by atoms with Crippen molar-refractivity contribution < 1.29 is 27.6 Å². The SMILES string of the molecule is CN(CC(CCN1CCC2(CC1)NC(=O)Cc1ccccc12)(c1ccc(Cl)c(Cl)c1)N(C)C(=O)CC(c1ccccc1)c1ccccc1)C(=O)CC(F)(F)F. The Labute approximate surface area is 330 Å². The standard InChI is InChI=1S/C43H45Cl2F3N4O3/c1-50(40(55)28-43(46,47)48)29-42(33-17-18-36(44)37(45)26-33,51(2)39(54)27-34(30-11-5-3-6-12-30)31-13-7-4-8-14-31)21-24-52-22-19-41(20-23-52)35-16-10-9-15-32(35)25-38(53)49-41/h3-18,26,34H,19-25,27-29H2,1-2H3,(H,49,53). The Bertz CT molecular complexity index is 1950. The Morgan fingerprint density at radius 1 is 0.836 bits per heavy atom. The van der Waals surface area contributed by atoms with E-state index in [2.05, 4.69) is 16.3 Å². The second-order valence-electron chi connectivity index (χ2n) is 14.8. The minimum atomic E-state index is -4.71. The average Bonchev–Trinajstić information content (AvgIpc) is 3.16. The highest BCUT2D eigenvalue weighted by Crippen LogP contribution is 2.41. The molecule has 1 N–H and O–H groups in total. The van der Waals surface area contributed by atoms with Crippen LogP contribution in [0.5, 0.6) is 0 Å². The molecule has 3 amide bonds. The number of carbonyl (C=O) groups excluding carboxylic acids is 3. The van der Waals surface area contributed by atoms with E-state index < -0.39 is 29.6 Å². The number of piperidine rings is 1. The van der Waals surface area contributed by atoms with Crippen LogP contribution in [0.2, 0.25) is 10.0 Å². The molecule has 290 valence electrons. The van der Waals surface area contributed by atoms with Gasteiger partial charge >= 0.3 is 6.18 Å². The Morgan fingerprint density at radius 2 is 1.44 bits per heavy atom. The number of likely N-dealkylation sites (tertiary alicyclic amines) is 1. The number of rotatable bonds is 12. The topological polar surface area (TPSA) is 73.0 Å². The first-order valence-electron chi connectivity index (χ1n) is 18.4. The second-order valence-corrected chi connectivity index (χ2v) is 15.6. The van der Waals surface area contributed by atoms with E-state index in [0.29, 0.717) is 44.5 Å². The van der Waals surface area contributed by atoms with E-state index in [1.54, 1.807) is 30.1 Å². The van der Waals surface area contributed by atoms with E-state index in [0.717, 1.165) is 27.2 Å². The molecule has 0 aromatic heterocycles. The van der Waals surface area contributed by atoms with Crippen molar-refractivity contribution in [2.75, 3.05) is 40.3 Å². The third kappa shape index (κ3) is 9.20. The number of nitrogens with one attached hydrogen (secondary N) is 1. The maximum atomic E-state index is 14.8. The molecule has 55 heavy (non-hydrogen) atoms. The zero-order valence-electron chi connectivity index (χ0n) is 30.9. The van der Waals surface area contributed by atoms with Gasteiger partial charge in [0.05, 0.1) is 27.5 Å². The van der Waals surface area contributed by atoms with Gasteiger partial charge in [-0.2, -0.15) is 13.2 Å². The molecule has 12 heteroatoms. The molecule has 4 aromatic rings. The summed E-state index contributed by atoms with van der Waals surface area (Å²) in [5.74, 6) is -1.71. The number of hydrogen-bond acceptors (Lipinski definition) is 4. The first-order chi connectivity index (χ1) is 26.2. The van der Waals surface area contributed by atoms with Gasteiger partial charge in [-0.25, -0.2) is 0 Å². The van der Waals surface area contributed by atoms with E-state index in [4.69, 9.17) is 23.2 Å². The van der Waals surface area contributed by atoms with E-state index in [1.165, 1.54) is 7.05 Å². The molecule has 0 bridgehead atoms. The fourth-order valence-corrected chi connectivity index (χ4v) is 8.59. The van der Waals surface area contributed by atoms with E-state index in [1.807, 2.05) is 78.9 Å². The summed E-state index contributed by atoms with van der Waals surface area (Å²) in [6.45, 7) is 1.45. The lowest BCUT2D eigenvalue weighted by atomic mass is 9.75. The van der Waals surface area contributed by atoms with E-state index in [9.17, 15) is 27.6 Å². The van der Waals surface area contributed by atoms with Crippen molar-refractivity contribution in [3.05, 3.63) is 141 Å². The van der Waals surface area contributed by atoms with Gasteiger partial charge in [-0.15, -0.1) is 0 Å². The van der Waals surface area contributed by atoms with Gasteiger partial charge in [0.15, 0.2) is 0 Å². The largest absolute Gasteiger partial charge is 0.397 e. The molecule has 2 aliphatic rings. The third-order valence-corrected chi connectivity index (χ3v) is 12.1. The molecule has 0 radical (unpaired) electrons. The van der Waals surface area contributed by atoms with Crippen molar-refractivity contribution >= 4 is 40.9 Å². The maximum absolute atomic E-state index is 14.8. The van der Waals surface area contributed by atoms with Gasteiger partial charge in [-0.3, -0.25) is 14.4 Å². The number of likely N-dealkylation sites (N-methyl/N-ethyl adjacent to an activating group) is 2. The molecule has 2 heterocycles. The van der Waals surface area contributed by atoms with Crippen molar-refractivity contribution in [3.63, 3.8) is 0 Å². The Hall–Kier alpha value is -4.38.